The third-order valence-electron chi connectivity index (χ3n) is 8.23. The SMILES string of the molecule is CCCCCCCC(=O)N(C1CCCC1)C1C=C(C(=O)NCCO)C2c3cc(C=O)cc(OC)c3OC2C1O. The number of hydrogen-bond acceptors (Lipinski definition) is 7. The molecule has 9 heteroatoms. The molecular weight excluding hydrogens is 500 g/mol. The van der Waals surface area contributed by atoms with E-state index in [1.54, 1.807) is 18.2 Å². The number of unbranched alkanes of at least 4 members (excludes halogenated alkanes) is 4. The maximum Gasteiger partial charge on any atom is 0.247 e. The summed E-state index contributed by atoms with van der Waals surface area (Å²) in [5.74, 6) is -0.342. The summed E-state index contributed by atoms with van der Waals surface area (Å²) in [6, 6.07) is 2.47. The van der Waals surface area contributed by atoms with E-state index < -0.39 is 30.1 Å². The number of aliphatic hydroxyl groups is 2. The lowest BCUT2D eigenvalue weighted by atomic mass is 9.77. The minimum absolute atomic E-state index is 0.0106. The highest BCUT2D eigenvalue weighted by atomic mass is 16.5. The predicted octanol–water partition coefficient (Wildman–Crippen LogP) is 3.26. The van der Waals surface area contributed by atoms with Gasteiger partial charge in [0.15, 0.2) is 11.5 Å². The van der Waals surface area contributed by atoms with Crippen LogP contribution in [-0.4, -0.2) is 77.8 Å². The molecular formula is C30H42N2O7. The number of methoxy groups -OCH3 is 1. The van der Waals surface area contributed by atoms with Gasteiger partial charge in [0.1, 0.15) is 18.5 Å². The quantitative estimate of drug-likeness (QED) is 0.258. The Kier molecular flexibility index (Phi) is 10.0. The lowest BCUT2D eigenvalue weighted by molar-refractivity contribution is -0.140. The minimum atomic E-state index is -1.09. The van der Waals surface area contributed by atoms with Gasteiger partial charge in [-0.1, -0.05) is 45.4 Å². The van der Waals surface area contributed by atoms with Crippen molar-refractivity contribution >= 4 is 18.1 Å². The van der Waals surface area contributed by atoms with Crippen LogP contribution in [0.5, 0.6) is 11.5 Å². The largest absolute Gasteiger partial charge is 0.493 e. The minimum Gasteiger partial charge on any atom is -0.493 e. The lowest BCUT2D eigenvalue weighted by Gasteiger charge is -2.43. The summed E-state index contributed by atoms with van der Waals surface area (Å²) in [6.45, 7) is 2.00. The van der Waals surface area contributed by atoms with Gasteiger partial charge in [0.2, 0.25) is 11.8 Å². The van der Waals surface area contributed by atoms with Crippen LogP contribution in [0.3, 0.4) is 0 Å². The Labute approximate surface area is 230 Å². The zero-order chi connectivity index (χ0) is 27.9. The third-order valence-corrected chi connectivity index (χ3v) is 8.23. The van der Waals surface area contributed by atoms with Gasteiger partial charge in [-0.25, -0.2) is 0 Å². The highest BCUT2D eigenvalue weighted by molar-refractivity contribution is 5.96. The van der Waals surface area contributed by atoms with Crippen LogP contribution in [0.4, 0.5) is 0 Å². The molecule has 3 aliphatic rings. The Hall–Kier alpha value is -2.91. The molecule has 0 radical (unpaired) electrons. The van der Waals surface area contributed by atoms with Crippen LogP contribution in [0.15, 0.2) is 23.8 Å². The monoisotopic (exact) mass is 542 g/mol. The Morgan fingerprint density at radius 1 is 1.18 bits per heavy atom. The molecule has 2 aliphatic carbocycles. The van der Waals surface area contributed by atoms with Crippen molar-refractivity contribution in [1.29, 1.82) is 0 Å². The number of fused-ring (bicyclic) bond motifs is 3. The van der Waals surface area contributed by atoms with Crippen molar-refractivity contribution in [1.82, 2.24) is 10.2 Å². The molecule has 1 fully saturated rings. The molecule has 214 valence electrons. The molecule has 0 bridgehead atoms. The smallest absolute Gasteiger partial charge is 0.247 e. The number of rotatable bonds is 13. The summed E-state index contributed by atoms with van der Waals surface area (Å²) in [4.78, 5) is 40.6. The van der Waals surface area contributed by atoms with Crippen molar-refractivity contribution in [2.24, 2.45) is 0 Å². The number of nitrogens with zero attached hydrogens (tertiary/aromatic N) is 1. The highest BCUT2D eigenvalue weighted by Crippen LogP contribution is 2.51. The van der Waals surface area contributed by atoms with Crippen molar-refractivity contribution < 1.29 is 34.1 Å². The Balaban J connectivity index is 1.72. The highest BCUT2D eigenvalue weighted by Gasteiger charge is 2.52. The number of carbonyl (C=O) groups is 3. The number of aliphatic hydroxyl groups excluding tert-OH is 2. The van der Waals surface area contributed by atoms with Crippen LogP contribution in [0, 0.1) is 0 Å². The van der Waals surface area contributed by atoms with Gasteiger partial charge >= 0.3 is 0 Å². The average Bonchev–Trinajstić information content (AvgIpc) is 3.61. The second-order valence-electron chi connectivity index (χ2n) is 10.8. The van der Waals surface area contributed by atoms with Gasteiger partial charge < -0.3 is 29.9 Å². The van der Waals surface area contributed by atoms with Crippen molar-refractivity contribution in [2.45, 2.75) is 101 Å². The molecule has 1 heterocycles. The molecule has 4 atom stereocenters. The molecule has 1 aromatic carbocycles. The Morgan fingerprint density at radius 2 is 1.92 bits per heavy atom. The second kappa shape index (κ2) is 13.4. The normalized spacial score (nSPS) is 23.8. The summed E-state index contributed by atoms with van der Waals surface area (Å²) < 4.78 is 11.8. The summed E-state index contributed by atoms with van der Waals surface area (Å²) >= 11 is 0. The fourth-order valence-electron chi connectivity index (χ4n) is 6.33. The van der Waals surface area contributed by atoms with Gasteiger partial charge in [-0.15, -0.1) is 0 Å². The van der Waals surface area contributed by atoms with E-state index in [2.05, 4.69) is 12.2 Å². The number of aldehydes is 1. The fraction of sp³-hybridized carbons (Fsp3) is 0.633. The number of ether oxygens (including phenoxy) is 2. The van der Waals surface area contributed by atoms with E-state index in [4.69, 9.17) is 9.47 Å². The van der Waals surface area contributed by atoms with E-state index in [0.29, 0.717) is 40.9 Å². The Bertz CT molecular complexity index is 1070. The third kappa shape index (κ3) is 6.14. The number of nitrogens with one attached hydrogen (secondary N) is 1. The average molecular weight is 543 g/mol. The molecule has 0 saturated heterocycles. The molecule has 1 saturated carbocycles. The van der Waals surface area contributed by atoms with Crippen molar-refractivity contribution in [3.8, 4) is 11.5 Å². The van der Waals surface area contributed by atoms with Crippen LogP contribution in [0.2, 0.25) is 0 Å². The molecule has 9 nitrogen and oxygen atoms in total. The van der Waals surface area contributed by atoms with Gasteiger partial charge in [-0.05, 0) is 37.5 Å². The topological polar surface area (TPSA) is 125 Å². The number of hydrogen-bond donors (Lipinski definition) is 3. The van der Waals surface area contributed by atoms with Crippen molar-refractivity contribution in [2.75, 3.05) is 20.3 Å². The van der Waals surface area contributed by atoms with Crippen LogP contribution in [-0.2, 0) is 9.59 Å². The van der Waals surface area contributed by atoms with Crippen LogP contribution >= 0.6 is 0 Å². The number of benzene rings is 1. The van der Waals surface area contributed by atoms with E-state index in [1.165, 1.54) is 7.11 Å². The molecule has 1 aromatic rings. The zero-order valence-corrected chi connectivity index (χ0v) is 23.1. The van der Waals surface area contributed by atoms with Gasteiger partial charge in [-0.2, -0.15) is 0 Å². The molecule has 2 amide bonds. The molecule has 0 aromatic heterocycles. The number of amides is 2. The molecule has 4 rings (SSSR count). The fourth-order valence-corrected chi connectivity index (χ4v) is 6.33. The summed E-state index contributed by atoms with van der Waals surface area (Å²) in [6.07, 6.45) is 9.76. The molecule has 3 N–H and O–H groups in total. The molecule has 39 heavy (non-hydrogen) atoms. The van der Waals surface area contributed by atoms with E-state index in [1.807, 2.05) is 4.90 Å². The maximum atomic E-state index is 13.7. The summed E-state index contributed by atoms with van der Waals surface area (Å²) in [5, 5.41) is 23.8. The lowest BCUT2D eigenvalue weighted by Crippen LogP contribution is -2.58. The number of carbonyl (C=O) groups excluding carboxylic acids is 3. The van der Waals surface area contributed by atoms with E-state index in [-0.39, 0.29) is 25.1 Å². The first-order valence-corrected chi connectivity index (χ1v) is 14.4. The van der Waals surface area contributed by atoms with Gasteiger partial charge in [0, 0.05) is 35.7 Å². The second-order valence-corrected chi connectivity index (χ2v) is 10.8. The van der Waals surface area contributed by atoms with Crippen LogP contribution in [0.25, 0.3) is 0 Å². The van der Waals surface area contributed by atoms with Crippen LogP contribution in [0.1, 0.15) is 93.0 Å². The van der Waals surface area contributed by atoms with Crippen molar-refractivity contribution in [3.63, 3.8) is 0 Å². The van der Waals surface area contributed by atoms with Gasteiger partial charge in [-0.3, -0.25) is 14.4 Å². The zero-order valence-electron chi connectivity index (χ0n) is 23.1. The first-order valence-electron chi connectivity index (χ1n) is 14.4. The van der Waals surface area contributed by atoms with Crippen molar-refractivity contribution in [3.05, 3.63) is 34.9 Å². The first kappa shape index (κ1) is 29.1. The standard InChI is InChI=1S/C30H42N2O7/c1-3-4-5-6-7-12-25(35)32(20-10-8-9-11-20)23-17-22(30(37)31-13-14-33)26-21-15-19(18-34)16-24(38-2)28(21)39-29(26)27(23)36/h15-18,20,23,26-27,29,33,36H,3-14H2,1-2H3,(H,31,37). The first-order chi connectivity index (χ1) is 18.9. The van der Waals surface area contributed by atoms with E-state index >= 15 is 0 Å². The molecule has 1 aliphatic heterocycles. The summed E-state index contributed by atoms with van der Waals surface area (Å²) in [7, 11) is 1.47. The molecule has 4 unspecified atom stereocenters. The van der Waals surface area contributed by atoms with Gasteiger partial charge in [0.25, 0.3) is 0 Å². The van der Waals surface area contributed by atoms with E-state index in [9.17, 15) is 24.6 Å². The summed E-state index contributed by atoms with van der Waals surface area (Å²) in [5.41, 5.74) is 1.30. The Morgan fingerprint density at radius 3 is 2.59 bits per heavy atom. The maximum absolute atomic E-state index is 13.7. The molecule has 0 spiro atoms. The van der Waals surface area contributed by atoms with Crippen LogP contribution < -0.4 is 14.8 Å². The van der Waals surface area contributed by atoms with E-state index in [0.717, 1.165) is 57.8 Å². The predicted molar refractivity (Wildman–Crippen MR) is 146 cm³/mol. The van der Waals surface area contributed by atoms with Gasteiger partial charge in [0.05, 0.1) is 25.7 Å².